The van der Waals surface area contributed by atoms with Crippen molar-refractivity contribution in [2.45, 2.75) is 25.0 Å². The first-order valence-corrected chi connectivity index (χ1v) is 7.73. The van der Waals surface area contributed by atoms with Gasteiger partial charge in [-0.2, -0.15) is 5.26 Å². The van der Waals surface area contributed by atoms with Gasteiger partial charge in [-0.25, -0.2) is 4.99 Å². The molecule has 2 aliphatic rings. The van der Waals surface area contributed by atoms with Gasteiger partial charge >= 0.3 is 0 Å². The second-order valence-corrected chi connectivity index (χ2v) is 6.47. The van der Waals surface area contributed by atoms with Gasteiger partial charge in [-0.05, 0) is 31.0 Å². The normalized spacial score (nSPS) is 32.9. The molecule has 5 heteroatoms. The zero-order valence-electron chi connectivity index (χ0n) is 11.4. The van der Waals surface area contributed by atoms with E-state index in [0.29, 0.717) is 23.3 Å². The standard InChI is InChI=1S/C15H17N3OS/c1-10-5-13-8-20-14(17)18-15(13,9-19-10)12-4-2-3-11(6-12)7-16/h2-4,6,10,13H,5,8-9H2,1H3,(H2,17,18). The average Bonchev–Trinajstić information content (AvgIpc) is 2.47. The predicted molar refractivity (Wildman–Crippen MR) is 80.4 cm³/mol. The molecule has 4 nitrogen and oxygen atoms in total. The van der Waals surface area contributed by atoms with Crippen LogP contribution in [0.1, 0.15) is 24.5 Å². The van der Waals surface area contributed by atoms with E-state index in [1.165, 1.54) is 0 Å². The smallest absolute Gasteiger partial charge is 0.154 e. The molecule has 0 radical (unpaired) electrons. The van der Waals surface area contributed by atoms with Gasteiger partial charge in [-0.3, -0.25) is 0 Å². The summed E-state index contributed by atoms with van der Waals surface area (Å²) in [5.74, 6) is 1.36. The largest absolute Gasteiger partial charge is 0.379 e. The number of amidine groups is 1. The van der Waals surface area contributed by atoms with E-state index in [4.69, 9.17) is 20.7 Å². The van der Waals surface area contributed by atoms with Crippen molar-refractivity contribution in [1.29, 1.82) is 5.26 Å². The zero-order chi connectivity index (χ0) is 14.2. The summed E-state index contributed by atoms with van der Waals surface area (Å²) < 4.78 is 5.87. The van der Waals surface area contributed by atoms with Gasteiger partial charge in [0.25, 0.3) is 0 Å². The highest BCUT2D eigenvalue weighted by molar-refractivity contribution is 8.13. The Morgan fingerprint density at radius 3 is 3.20 bits per heavy atom. The molecule has 3 rings (SSSR count). The molecule has 3 atom stereocenters. The number of thioether (sulfide) groups is 1. The summed E-state index contributed by atoms with van der Waals surface area (Å²) in [5.41, 5.74) is 7.23. The third-order valence-corrected chi connectivity index (χ3v) is 5.07. The number of ether oxygens (including phenoxy) is 1. The lowest BCUT2D eigenvalue weighted by atomic mass is 9.75. The van der Waals surface area contributed by atoms with Gasteiger partial charge in [0.05, 0.1) is 24.3 Å². The first kappa shape index (κ1) is 13.5. The number of nitriles is 1. The minimum Gasteiger partial charge on any atom is -0.379 e. The predicted octanol–water partition coefficient (Wildman–Crippen LogP) is 2.24. The lowest BCUT2D eigenvalue weighted by molar-refractivity contribution is -0.0466. The van der Waals surface area contributed by atoms with E-state index < -0.39 is 5.54 Å². The number of rotatable bonds is 1. The van der Waals surface area contributed by atoms with Crippen molar-refractivity contribution in [1.82, 2.24) is 0 Å². The summed E-state index contributed by atoms with van der Waals surface area (Å²) in [6.45, 7) is 2.64. The Bertz CT molecular complexity index is 595. The Labute approximate surface area is 123 Å². The molecule has 1 fully saturated rings. The van der Waals surface area contributed by atoms with Crippen LogP contribution in [0.3, 0.4) is 0 Å². The van der Waals surface area contributed by atoms with Crippen LogP contribution in [0.15, 0.2) is 29.3 Å². The summed E-state index contributed by atoms with van der Waals surface area (Å²) in [6.07, 6.45) is 1.23. The van der Waals surface area contributed by atoms with E-state index in [1.54, 1.807) is 11.8 Å². The molecule has 0 spiro atoms. The average molecular weight is 287 g/mol. The lowest BCUT2D eigenvalue weighted by Crippen LogP contribution is -2.49. The van der Waals surface area contributed by atoms with Gasteiger partial charge < -0.3 is 10.5 Å². The quantitative estimate of drug-likeness (QED) is 0.860. The van der Waals surface area contributed by atoms with Crippen LogP contribution in [0.5, 0.6) is 0 Å². The molecule has 0 bridgehead atoms. The summed E-state index contributed by atoms with van der Waals surface area (Å²) in [4.78, 5) is 4.74. The van der Waals surface area contributed by atoms with Crippen LogP contribution in [0.2, 0.25) is 0 Å². The summed E-state index contributed by atoms with van der Waals surface area (Å²) >= 11 is 1.62. The lowest BCUT2D eigenvalue weighted by Gasteiger charge is -2.45. The number of benzene rings is 1. The first-order chi connectivity index (χ1) is 9.64. The molecule has 2 aliphatic heterocycles. The Morgan fingerprint density at radius 2 is 2.40 bits per heavy atom. The molecule has 1 saturated heterocycles. The molecule has 20 heavy (non-hydrogen) atoms. The minimum atomic E-state index is -0.422. The Balaban J connectivity index is 2.09. The van der Waals surface area contributed by atoms with E-state index in [1.807, 2.05) is 24.3 Å². The van der Waals surface area contributed by atoms with E-state index in [9.17, 15) is 0 Å². The van der Waals surface area contributed by atoms with Crippen LogP contribution in [-0.4, -0.2) is 23.6 Å². The van der Waals surface area contributed by atoms with Crippen LogP contribution in [0.4, 0.5) is 0 Å². The summed E-state index contributed by atoms with van der Waals surface area (Å²) in [6, 6.07) is 9.86. The molecule has 0 saturated carbocycles. The van der Waals surface area contributed by atoms with Crippen LogP contribution < -0.4 is 5.73 Å². The van der Waals surface area contributed by atoms with Crippen LogP contribution in [0, 0.1) is 17.2 Å². The fraction of sp³-hybridized carbons (Fsp3) is 0.467. The van der Waals surface area contributed by atoms with Crippen LogP contribution in [0.25, 0.3) is 0 Å². The van der Waals surface area contributed by atoms with Crippen molar-refractivity contribution >= 4 is 16.9 Å². The van der Waals surface area contributed by atoms with Crippen LogP contribution in [-0.2, 0) is 10.3 Å². The highest BCUT2D eigenvalue weighted by Gasteiger charge is 2.47. The third kappa shape index (κ3) is 2.19. The first-order valence-electron chi connectivity index (χ1n) is 6.74. The number of hydrogen-bond donors (Lipinski definition) is 1. The molecule has 2 N–H and O–H groups in total. The Hall–Kier alpha value is -1.51. The van der Waals surface area contributed by atoms with Gasteiger partial charge in [0.1, 0.15) is 5.54 Å². The molecular weight excluding hydrogens is 270 g/mol. The highest BCUT2D eigenvalue weighted by atomic mass is 32.2. The van der Waals surface area contributed by atoms with Gasteiger partial charge in [0.15, 0.2) is 5.17 Å². The Morgan fingerprint density at radius 1 is 1.55 bits per heavy atom. The molecule has 0 aliphatic carbocycles. The van der Waals surface area contributed by atoms with E-state index in [-0.39, 0.29) is 6.10 Å². The number of nitrogens with zero attached hydrogens (tertiary/aromatic N) is 2. The molecule has 1 aromatic carbocycles. The maximum Gasteiger partial charge on any atom is 0.154 e. The molecule has 0 aromatic heterocycles. The van der Waals surface area contributed by atoms with Crippen molar-refractivity contribution in [3.05, 3.63) is 35.4 Å². The number of aliphatic imine (C=N–C) groups is 1. The fourth-order valence-corrected chi connectivity index (χ4v) is 4.05. The SMILES string of the molecule is CC1CC2CSC(N)=NC2(c2cccc(C#N)c2)CO1. The molecular formula is C15H17N3OS. The third-order valence-electron chi connectivity index (χ3n) is 4.11. The second-order valence-electron chi connectivity index (χ2n) is 5.43. The number of hydrogen-bond acceptors (Lipinski definition) is 5. The van der Waals surface area contributed by atoms with Crippen molar-refractivity contribution in [2.24, 2.45) is 16.6 Å². The highest BCUT2D eigenvalue weighted by Crippen LogP contribution is 2.45. The number of fused-ring (bicyclic) bond motifs is 1. The minimum absolute atomic E-state index is 0.252. The molecule has 104 valence electrons. The molecule has 3 unspecified atom stereocenters. The monoisotopic (exact) mass is 287 g/mol. The van der Waals surface area contributed by atoms with Crippen molar-refractivity contribution in [3.8, 4) is 6.07 Å². The van der Waals surface area contributed by atoms with Gasteiger partial charge in [-0.15, -0.1) is 0 Å². The van der Waals surface area contributed by atoms with Gasteiger partial charge in [0, 0.05) is 11.7 Å². The molecule has 2 heterocycles. The second kappa shape index (κ2) is 5.12. The van der Waals surface area contributed by atoms with E-state index in [0.717, 1.165) is 17.7 Å². The number of nitrogens with two attached hydrogens (primary N) is 1. The van der Waals surface area contributed by atoms with Crippen molar-refractivity contribution in [3.63, 3.8) is 0 Å². The fourth-order valence-electron chi connectivity index (χ4n) is 3.04. The maximum absolute atomic E-state index is 9.10. The van der Waals surface area contributed by atoms with Crippen LogP contribution >= 0.6 is 11.8 Å². The van der Waals surface area contributed by atoms with E-state index >= 15 is 0 Å². The molecule has 1 aromatic rings. The topological polar surface area (TPSA) is 71.4 Å². The van der Waals surface area contributed by atoms with E-state index in [2.05, 4.69) is 13.0 Å². The van der Waals surface area contributed by atoms with Gasteiger partial charge in [0.2, 0.25) is 0 Å². The Kier molecular flexibility index (Phi) is 3.45. The maximum atomic E-state index is 9.10. The van der Waals surface area contributed by atoms with Crippen molar-refractivity contribution in [2.75, 3.05) is 12.4 Å². The van der Waals surface area contributed by atoms with Gasteiger partial charge in [-0.1, -0.05) is 23.9 Å². The molecule has 0 amide bonds. The summed E-state index contributed by atoms with van der Waals surface area (Å²) in [5, 5.41) is 9.72. The van der Waals surface area contributed by atoms with Crippen molar-refractivity contribution < 1.29 is 4.74 Å². The summed E-state index contributed by atoms with van der Waals surface area (Å²) in [7, 11) is 0. The zero-order valence-corrected chi connectivity index (χ0v) is 12.2.